The van der Waals surface area contributed by atoms with Gasteiger partial charge in [0.25, 0.3) is 5.91 Å². The molecule has 2 aromatic carbocycles. The molecule has 0 radical (unpaired) electrons. The summed E-state index contributed by atoms with van der Waals surface area (Å²) in [7, 11) is 0. The summed E-state index contributed by atoms with van der Waals surface area (Å²) < 4.78 is 14.5. The molecule has 2 heterocycles. The number of amides is 1. The Morgan fingerprint density at radius 1 is 1.03 bits per heavy atom. The largest absolute Gasteiger partial charge is 0.375 e. The van der Waals surface area contributed by atoms with Crippen LogP contribution < -0.4 is 4.90 Å². The molecule has 1 atom stereocenters. The Balaban J connectivity index is 1.45. The lowest BCUT2D eigenvalue weighted by Crippen LogP contribution is -2.38. The molecule has 1 spiro atoms. The third-order valence-electron chi connectivity index (χ3n) is 7.26. The highest BCUT2D eigenvalue weighted by Crippen LogP contribution is 2.48. The maximum atomic E-state index is 14.5. The van der Waals surface area contributed by atoms with Crippen molar-refractivity contribution in [3.05, 3.63) is 99.5 Å². The van der Waals surface area contributed by atoms with Crippen LogP contribution in [0.3, 0.4) is 0 Å². The van der Waals surface area contributed by atoms with Gasteiger partial charge in [0.2, 0.25) is 0 Å². The van der Waals surface area contributed by atoms with Crippen LogP contribution in [0.25, 0.3) is 0 Å². The van der Waals surface area contributed by atoms with Gasteiger partial charge in [0.15, 0.2) is 0 Å². The lowest BCUT2D eigenvalue weighted by atomic mass is 9.76. The number of hydrogen-bond acceptors (Lipinski definition) is 2. The number of carbonyl (C=O) groups is 1. The number of halogens is 3. The first-order chi connectivity index (χ1) is 16.5. The van der Waals surface area contributed by atoms with Crippen molar-refractivity contribution < 1.29 is 9.18 Å². The predicted molar refractivity (Wildman–Crippen MR) is 137 cm³/mol. The highest BCUT2D eigenvalue weighted by molar-refractivity contribution is 6.31. The van der Waals surface area contributed by atoms with E-state index in [1.165, 1.54) is 11.8 Å². The number of carbonyl (C=O) groups excluding carboxylic acids is 1. The van der Waals surface area contributed by atoms with Crippen LogP contribution in [0.2, 0.25) is 5.02 Å². The van der Waals surface area contributed by atoms with Gasteiger partial charge < -0.3 is 9.80 Å². The molecular weight excluding hydrogens is 470 g/mol. The van der Waals surface area contributed by atoms with Crippen molar-refractivity contribution in [1.82, 2.24) is 4.90 Å². The summed E-state index contributed by atoms with van der Waals surface area (Å²) in [6.07, 6.45) is 12.9. The highest BCUT2D eigenvalue weighted by atomic mass is 35.5. The molecule has 176 valence electrons. The summed E-state index contributed by atoms with van der Waals surface area (Å²) in [6.45, 7) is 2.38. The second-order valence-electron chi connectivity index (χ2n) is 9.30. The molecule has 1 aliphatic carbocycles. The van der Waals surface area contributed by atoms with Crippen LogP contribution in [0.5, 0.6) is 0 Å². The Labute approximate surface area is 210 Å². The molecule has 1 fully saturated rings. The SMILES string of the molecule is O=C(c1ccccc1F)N1CC2(CCCN(/C3=C/C=C(Cl)\C=C/CC3)CC2)c2cc(Cl)ccc21. The summed E-state index contributed by atoms with van der Waals surface area (Å²) in [5, 5.41) is 1.40. The fourth-order valence-electron chi connectivity index (χ4n) is 5.52. The molecule has 1 saturated heterocycles. The zero-order chi connectivity index (χ0) is 23.7. The highest BCUT2D eigenvalue weighted by Gasteiger charge is 2.46. The third-order valence-corrected chi connectivity index (χ3v) is 7.75. The second-order valence-corrected chi connectivity index (χ2v) is 10.2. The molecule has 2 aromatic rings. The van der Waals surface area contributed by atoms with Crippen LogP contribution in [-0.2, 0) is 5.41 Å². The van der Waals surface area contributed by atoms with E-state index in [0.29, 0.717) is 11.6 Å². The topological polar surface area (TPSA) is 23.6 Å². The molecule has 0 bridgehead atoms. The zero-order valence-electron chi connectivity index (χ0n) is 18.9. The van der Waals surface area contributed by atoms with Gasteiger partial charge in [0.1, 0.15) is 5.82 Å². The minimum Gasteiger partial charge on any atom is -0.375 e. The summed E-state index contributed by atoms with van der Waals surface area (Å²) in [6, 6.07) is 11.9. The van der Waals surface area contributed by atoms with Gasteiger partial charge in [0.05, 0.1) is 5.56 Å². The molecule has 5 rings (SSSR count). The van der Waals surface area contributed by atoms with Crippen LogP contribution in [0, 0.1) is 5.82 Å². The van der Waals surface area contributed by atoms with E-state index < -0.39 is 5.82 Å². The van der Waals surface area contributed by atoms with Gasteiger partial charge in [-0.3, -0.25) is 4.79 Å². The molecule has 6 heteroatoms. The fraction of sp³-hybridized carbons (Fsp3) is 0.321. The Morgan fingerprint density at radius 3 is 2.74 bits per heavy atom. The van der Waals surface area contributed by atoms with Crippen LogP contribution in [0.15, 0.2) is 77.5 Å². The second kappa shape index (κ2) is 9.59. The average molecular weight is 497 g/mol. The molecule has 0 aromatic heterocycles. The van der Waals surface area contributed by atoms with E-state index in [2.05, 4.69) is 17.1 Å². The van der Waals surface area contributed by atoms with Gasteiger partial charge in [-0.25, -0.2) is 4.39 Å². The Bertz CT molecular complexity index is 1200. The lowest BCUT2D eigenvalue weighted by Gasteiger charge is -2.30. The van der Waals surface area contributed by atoms with E-state index >= 15 is 0 Å². The summed E-state index contributed by atoms with van der Waals surface area (Å²) in [5.74, 6) is -0.790. The normalized spacial score (nSPS) is 26.6. The maximum Gasteiger partial charge on any atom is 0.261 e. The number of likely N-dealkylation sites (tertiary alicyclic amines) is 1. The Kier molecular flexibility index (Phi) is 6.54. The van der Waals surface area contributed by atoms with E-state index in [-0.39, 0.29) is 16.9 Å². The van der Waals surface area contributed by atoms with Crippen molar-refractivity contribution >= 4 is 34.8 Å². The van der Waals surface area contributed by atoms with E-state index in [4.69, 9.17) is 23.2 Å². The van der Waals surface area contributed by atoms with Crippen molar-refractivity contribution in [1.29, 1.82) is 0 Å². The molecule has 1 unspecified atom stereocenters. The maximum absolute atomic E-state index is 14.5. The number of hydrogen-bond donors (Lipinski definition) is 0. The molecule has 1 amide bonds. The van der Waals surface area contributed by atoms with Gasteiger partial charge in [0, 0.05) is 46.5 Å². The quantitative estimate of drug-likeness (QED) is 0.438. The summed E-state index contributed by atoms with van der Waals surface area (Å²) in [4.78, 5) is 17.7. The standard InChI is InChI=1S/C28H27Cl2FN2O/c29-20-6-1-2-7-22(12-10-20)32-16-5-14-28(15-17-32)19-33(26-13-11-21(30)18-24(26)28)27(34)23-8-3-4-9-25(23)31/h1,3-4,6,8-13,18H,2,5,7,14-17,19H2/b6-1-,20-10+,22-12+. The number of benzene rings is 2. The third kappa shape index (κ3) is 4.42. The van der Waals surface area contributed by atoms with Crippen molar-refractivity contribution in [2.24, 2.45) is 0 Å². The van der Waals surface area contributed by atoms with Gasteiger partial charge in [-0.1, -0.05) is 41.4 Å². The summed E-state index contributed by atoms with van der Waals surface area (Å²) in [5.41, 5.74) is 3.14. The van der Waals surface area contributed by atoms with E-state index in [9.17, 15) is 9.18 Å². The lowest BCUT2D eigenvalue weighted by molar-refractivity contribution is 0.0980. The average Bonchev–Trinajstić information content (AvgIpc) is 2.96. The van der Waals surface area contributed by atoms with Crippen LogP contribution >= 0.6 is 23.2 Å². The first kappa shape index (κ1) is 23.2. The Hall–Kier alpha value is -2.56. The molecule has 2 aliphatic heterocycles. The molecule has 34 heavy (non-hydrogen) atoms. The van der Waals surface area contributed by atoms with Crippen molar-refractivity contribution in [3.8, 4) is 0 Å². The molecule has 0 saturated carbocycles. The van der Waals surface area contributed by atoms with Crippen molar-refractivity contribution in [2.45, 2.75) is 37.5 Å². The van der Waals surface area contributed by atoms with Gasteiger partial charge >= 0.3 is 0 Å². The predicted octanol–water partition coefficient (Wildman–Crippen LogP) is 7.22. The molecule has 3 nitrogen and oxygen atoms in total. The van der Waals surface area contributed by atoms with Crippen LogP contribution in [0.1, 0.15) is 48.0 Å². The first-order valence-electron chi connectivity index (χ1n) is 11.8. The van der Waals surface area contributed by atoms with E-state index in [1.807, 2.05) is 30.4 Å². The molecule has 0 N–H and O–H groups in total. The van der Waals surface area contributed by atoms with E-state index in [0.717, 1.165) is 61.5 Å². The van der Waals surface area contributed by atoms with Crippen molar-refractivity contribution in [2.75, 3.05) is 24.5 Å². The van der Waals surface area contributed by atoms with Gasteiger partial charge in [-0.15, -0.1) is 0 Å². The van der Waals surface area contributed by atoms with Crippen molar-refractivity contribution in [3.63, 3.8) is 0 Å². The van der Waals surface area contributed by atoms with Crippen LogP contribution in [-0.4, -0.2) is 30.4 Å². The zero-order valence-corrected chi connectivity index (χ0v) is 20.5. The number of rotatable bonds is 2. The van der Waals surface area contributed by atoms with Crippen LogP contribution in [0.4, 0.5) is 10.1 Å². The minimum atomic E-state index is -0.493. The monoisotopic (exact) mass is 496 g/mol. The molecule has 3 aliphatic rings. The summed E-state index contributed by atoms with van der Waals surface area (Å²) >= 11 is 12.7. The number of anilines is 1. The minimum absolute atomic E-state index is 0.104. The number of allylic oxidation sites excluding steroid dienone is 6. The first-order valence-corrected chi connectivity index (χ1v) is 12.6. The van der Waals surface area contributed by atoms with E-state index in [1.54, 1.807) is 23.1 Å². The molecular formula is C28H27Cl2FN2O. The fourth-order valence-corrected chi connectivity index (χ4v) is 5.84. The smallest absolute Gasteiger partial charge is 0.261 e. The van der Waals surface area contributed by atoms with Gasteiger partial charge in [-0.2, -0.15) is 0 Å². The number of nitrogens with zero attached hydrogens (tertiary/aromatic N) is 2. The number of fused-ring (bicyclic) bond motifs is 2. The van der Waals surface area contributed by atoms with Gasteiger partial charge in [-0.05, 0) is 86.2 Å². The Morgan fingerprint density at radius 2 is 1.88 bits per heavy atom.